The zero-order valence-electron chi connectivity index (χ0n) is 10.6. The number of carbonyl (C=O) groups is 1. The van der Waals surface area contributed by atoms with Crippen LogP contribution in [0.15, 0.2) is 42.5 Å². The van der Waals surface area contributed by atoms with E-state index in [0.29, 0.717) is 12.0 Å². The lowest BCUT2D eigenvalue weighted by atomic mass is 10.0. The highest BCUT2D eigenvalue weighted by molar-refractivity contribution is 6.31. The van der Waals surface area contributed by atoms with Gasteiger partial charge in [0.05, 0.1) is 5.02 Å². The molecular weight excluding hydrogens is 263 g/mol. The van der Waals surface area contributed by atoms with E-state index in [9.17, 15) is 9.18 Å². The lowest BCUT2D eigenvalue weighted by molar-refractivity contribution is -0.117. The number of benzene rings is 2. The van der Waals surface area contributed by atoms with Crippen LogP contribution in [0.3, 0.4) is 0 Å². The Labute approximate surface area is 117 Å². The minimum atomic E-state index is -0.484. The van der Waals surface area contributed by atoms with E-state index < -0.39 is 5.82 Å². The zero-order chi connectivity index (χ0) is 13.8. The van der Waals surface area contributed by atoms with Crippen LogP contribution in [0, 0.1) is 12.7 Å². The maximum atomic E-state index is 13.3. The van der Waals surface area contributed by atoms with Gasteiger partial charge in [0.15, 0.2) is 0 Å². The molecule has 0 saturated heterocycles. The SMILES string of the molecule is Cc1ccc(CC(=O)Cc2cccc(F)c2Cl)cc1. The summed E-state index contributed by atoms with van der Waals surface area (Å²) in [6, 6.07) is 12.3. The predicted octanol–water partition coefficient (Wildman–Crippen LogP) is 4.14. The van der Waals surface area contributed by atoms with E-state index in [1.54, 1.807) is 12.1 Å². The minimum absolute atomic E-state index is 0.0244. The molecule has 0 radical (unpaired) electrons. The number of carbonyl (C=O) groups excluding carboxylic acids is 1. The normalized spacial score (nSPS) is 10.5. The van der Waals surface area contributed by atoms with Crippen LogP contribution in [0.2, 0.25) is 5.02 Å². The summed E-state index contributed by atoms with van der Waals surface area (Å²) in [7, 11) is 0. The fourth-order valence-corrected chi connectivity index (χ4v) is 2.09. The molecule has 0 heterocycles. The molecule has 1 nitrogen and oxygen atoms in total. The van der Waals surface area contributed by atoms with Gasteiger partial charge < -0.3 is 0 Å². The lowest BCUT2D eigenvalue weighted by Crippen LogP contribution is -2.07. The average molecular weight is 277 g/mol. The first-order valence-corrected chi connectivity index (χ1v) is 6.44. The van der Waals surface area contributed by atoms with Gasteiger partial charge in [0, 0.05) is 12.8 Å². The van der Waals surface area contributed by atoms with Gasteiger partial charge in [-0.15, -0.1) is 0 Å². The summed E-state index contributed by atoms with van der Waals surface area (Å²) in [6.07, 6.45) is 0.498. The number of hydrogen-bond acceptors (Lipinski definition) is 1. The number of rotatable bonds is 4. The summed E-state index contributed by atoms with van der Waals surface area (Å²) in [5.41, 5.74) is 2.66. The summed E-state index contributed by atoms with van der Waals surface area (Å²) in [4.78, 5) is 11.9. The van der Waals surface area contributed by atoms with Gasteiger partial charge in [-0.1, -0.05) is 53.6 Å². The van der Waals surface area contributed by atoms with Gasteiger partial charge in [0.1, 0.15) is 11.6 Å². The summed E-state index contributed by atoms with van der Waals surface area (Å²) in [5.74, 6) is -0.460. The molecule has 0 atom stereocenters. The Morgan fingerprint density at radius 1 is 1.11 bits per heavy atom. The molecule has 0 aliphatic carbocycles. The zero-order valence-corrected chi connectivity index (χ0v) is 11.4. The Balaban J connectivity index is 2.05. The van der Waals surface area contributed by atoms with E-state index in [1.807, 2.05) is 31.2 Å². The van der Waals surface area contributed by atoms with Crippen molar-refractivity contribution >= 4 is 17.4 Å². The number of Topliss-reactive ketones (excluding diaryl/α,β-unsaturated/α-hetero) is 1. The maximum Gasteiger partial charge on any atom is 0.142 e. The topological polar surface area (TPSA) is 17.1 Å². The first-order chi connectivity index (χ1) is 9.06. The highest BCUT2D eigenvalue weighted by Gasteiger charge is 2.10. The van der Waals surface area contributed by atoms with E-state index in [-0.39, 0.29) is 17.2 Å². The second-order valence-electron chi connectivity index (χ2n) is 4.59. The van der Waals surface area contributed by atoms with Crippen LogP contribution in [0.4, 0.5) is 4.39 Å². The molecule has 0 amide bonds. The molecule has 0 N–H and O–H groups in total. The molecule has 0 aliphatic rings. The van der Waals surface area contributed by atoms with Gasteiger partial charge in [-0.2, -0.15) is 0 Å². The van der Waals surface area contributed by atoms with Gasteiger partial charge in [-0.25, -0.2) is 4.39 Å². The van der Waals surface area contributed by atoms with Gasteiger partial charge >= 0.3 is 0 Å². The standard InChI is InChI=1S/C16H14ClFO/c1-11-5-7-12(8-6-11)9-14(19)10-13-3-2-4-15(18)16(13)17/h2-8H,9-10H2,1H3. The molecule has 0 saturated carbocycles. The van der Waals surface area contributed by atoms with Crippen molar-refractivity contribution in [1.82, 2.24) is 0 Å². The van der Waals surface area contributed by atoms with Crippen LogP contribution in [-0.2, 0) is 17.6 Å². The predicted molar refractivity (Wildman–Crippen MR) is 75.0 cm³/mol. The van der Waals surface area contributed by atoms with E-state index >= 15 is 0 Å². The number of halogens is 2. The van der Waals surface area contributed by atoms with E-state index in [4.69, 9.17) is 11.6 Å². The quantitative estimate of drug-likeness (QED) is 0.820. The summed E-state index contributed by atoms with van der Waals surface area (Å²) < 4.78 is 13.3. The van der Waals surface area contributed by atoms with Crippen molar-refractivity contribution in [2.75, 3.05) is 0 Å². The smallest absolute Gasteiger partial charge is 0.142 e. The van der Waals surface area contributed by atoms with Gasteiger partial charge in [0.2, 0.25) is 0 Å². The molecule has 0 bridgehead atoms. The van der Waals surface area contributed by atoms with E-state index in [0.717, 1.165) is 11.1 Å². The average Bonchev–Trinajstić information content (AvgIpc) is 2.38. The Bertz CT molecular complexity index is 590. The van der Waals surface area contributed by atoms with Crippen LogP contribution in [0.25, 0.3) is 0 Å². The summed E-state index contributed by atoms with van der Waals surface area (Å²) in [6.45, 7) is 2.00. The second-order valence-corrected chi connectivity index (χ2v) is 4.97. The molecule has 19 heavy (non-hydrogen) atoms. The van der Waals surface area contributed by atoms with Crippen molar-refractivity contribution in [3.05, 3.63) is 70.0 Å². The molecule has 0 unspecified atom stereocenters. The van der Waals surface area contributed by atoms with Crippen molar-refractivity contribution in [1.29, 1.82) is 0 Å². The highest BCUT2D eigenvalue weighted by atomic mass is 35.5. The monoisotopic (exact) mass is 276 g/mol. The lowest BCUT2D eigenvalue weighted by Gasteiger charge is -2.05. The Hall–Kier alpha value is -1.67. The van der Waals surface area contributed by atoms with E-state index in [1.165, 1.54) is 6.07 Å². The van der Waals surface area contributed by atoms with Crippen molar-refractivity contribution in [3.8, 4) is 0 Å². The van der Waals surface area contributed by atoms with Crippen molar-refractivity contribution < 1.29 is 9.18 Å². The van der Waals surface area contributed by atoms with Crippen LogP contribution in [0.1, 0.15) is 16.7 Å². The van der Waals surface area contributed by atoms with Crippen LogP contribution in [-0.4, -0.2) is 5.78 Å². The molecule has 0 spiro atoms. The molecule has 3 heteroatoms. The molecule has 0 fully saturated rings. The van der Waals surface area contributed by atoms with Crippen molar-refractivity contribution in [2.45, 2.75) is 19.8 Å². The molecular formula is C16H14ClFO. The van der Waals surface area contributed by atoms with Gasteiger partial charge in [-0.05, 0) is 24.1 Å². The first kappa shape index (κ1) is 13.8. The molecule has 2 aromatic rings. The Morgan fingerprint density at radius 2 is 1.79 bits per heavy atom. The highest BCUT2D eigenvalue weighted by Crippen LogP contribution is 2.20. The number of ketones is 1. The Morgan fingerprint density at radius 3 is 2.47 bits per heavy atom. The molecule has 0 aromatic heterocycles. The van der Waals surface area contributed by atoms with Crippen molar-refractivity contribution in [2.24, 2.45) is 0 Å². The van der Waals surface area contributed by atoms with Crippen LogP contribution < -0.4 is 0 Å². The summed E-state index contributed by atoms with van der Waals surface area (Å²) in [5, 5.41) is 0.0414. The summed E-state index contributed by atoms with van der Waals surface area (Å²) >= 11 is 5.83. The Kier molecular flexibility index (Phi) is 4.33. The third-order valence-electron chi connectivity index (χ3n) is 2.94. The number of hydrogen-bond donors (Lipinski definition) is 0. The molecule has 2 aromatic carbocycles. The van der Waals surface area contributed by atoms with E-state index in [2.05, 4.69) is 0 Å². The fourth-order valence-electron chi connectivity index (χ4n) is 1.89. The third kappa shape index (κ3) is 3.65. The van der Waals surface area contributed by atoms with Gasteiger partial charge in [-0.3, -0.25) is 4.79 Å². The fraction of sp³-hybridized carbons (Fsp3) is 0.188. The molecule has 0 aliphatic heterocycles. The second kappa shape index (κ2) is 5.98. The largest absolute Gasteiger partial charge is 0.299 e. The van der Waals surface area contributed by atoms with Gasteiger partial charge in [0.25, 0.3) is 0 Å². The first-order valence-electron chi connectivity index (χ1n) is 6.06. The number of aryl methyl sites for hydroxylation is 1. The van der Waals surface area contributed by atoms with Crippen molar-refractivity contribution in [3.63, 3.8) is 0 Å². The molecule has 98 valence electrons. The van der Waals surface area contributed by atoms with Crippen LogP contribution in [0.5, 0.6) is 0 Å². The minimum Gasteiger partial charge on any atom is -0.299 e. The maximum absolute atomic E-state index is 13.3. The third-order valence-corrected chi connectivity index (χ3v) is 3.36. The molecule has 2 rings (SSSR count). The van der Waals surface area contributed by atoms with Crippen LogP contribution >= 0.6 is 11.6 Å².